The minimum Gasteiger partial charge on any atom is -0.484 e. The Labute approximate surface area is 147 Å². The van der Waals surface area contributed by atoms with Crippen LogP contribution in [0.25, 0.3) is 0 Å². The molecule has 0 saturated carbocycles. The van der Waals surface area contributed by atoms with Gasteiger partial charge in [-0.15, -0.1) is 0 Å². The highest BCUT2D eigenvalue weighted by atomic mass is 35.5. The maximum atomic E-state index is 12.0. The van der Waals surface area contributed by atoms with Crippen molar-refractivity contribution in [1.29, 1.82) is 0 Å². The number of hydrogen-bond donors (Lipinski definition) is 1. The molecule has 1 N–H and O–H groups in total. The van der Waals surface area contributed by atoms with Gasteiger partial charge in [0.25, 0.3) is 5.91 Å². The van der Waals surface area contributed by atoms with Gasteiger partial charge in [-0.1, -0.05) is 11.6 Å². The molecule has 1 saturated heterocycles. The van der Waals surface area contributed by atoms with Crippen molar-refractivity contribution < 1.29 is 9.53 Å². The van der Waals surface area contributed by atoms with Crippen LogP contribution in [0.2, 0.25) is 5.02 Å². The average Bonchev–Trinajstić information content (AvgIpc) is 3.11. The van der Waals surface area contributed by atoms with Gasteiger partial charge in [-0.25, -0.2) is 0 Å². The molecule has 0 aromatic heterocycles. The van der Waals surface area contributed by atoms with Crippen LogP contribution < -0.4 is 15.0 Å². The summed E-state index contributed by atoms with van der Waals surface area (Å²) in [4.78, 5) is 14.4. The highest BCUT2D eigenvalue weighted by Gasteiger charge is 2.12. The van der Waals surface area contributed by atoms with E-state index in [4.69, 9.17) is 16.3 Å². The van der Waals surface area contributed by atoms with Gasteiger partial charge in [0.1, 0.15) is 5.75 Å². The Bertz CT molecular complexity index is 710. The van der Waals surface area contributed by atoms with Crippen molar-refractivity contribution in [3.05, 3.63) is 53.1 Å². The fourth-order valence-corrected chi connectivity index (χ4v) is 2.90. The summed E-state index contributed by atoms with van der Waals surface area (Å²) in [6.45, 7) is 4.09. The summed E-state index contributed by atoms with van der Waals surface area (Å²) in [7, 11) is 0. The van der Waals surface area contributed by atoms with E-state index in [-0.39, 0.29) is 12.5 Å². The van der Waals surface area contributed by atoms with Gasteiger partial charge in [0, 0.05) is 29.5 Å². The Morgan fingerprint density at radius 3 is 2.54 bits per heavy atom. The Morgan fingerprint density at radius 1 is 1.17 bits per heavy atom. The Morgan fingerprint density at radius 2 is 1.88 bits per heavy atom. The molecule has 2 aromatic carbocycles. The molecule has 4 nitrogen and oxygen atoms in total. The molecule has 1 heterocycles. The highest BCUT2D eigenvalue weighted by molar-refractivity contribution is 6.31. The van der Waals surface area contributed by atoms with Crippen LogP contribution in [0.5, 0.6) is 5.75 Å². The number of hydrogen-bond acceptors (Lipinski definition) is 3. The first-order chi connectivity index (χ1) is 11.6. The van der Waals surface area contributed by atoms with Gasteiger partial charge in [-0.05, 0) is 67.8 Å². The number of halogens is 1. The van der Waals surface area contributed by atoms with Crippen molar-refractivity contribution in [1.82, 2.24) is 0 Å². The molecule has 0 spiro atoms. The molecule has 3 rings (SSSR count). The van der Waals surface area contributed by atoms with Crippen molar-refractivity contribution in [2.24, 2.45) is 0 Å². The molecular formula is C19H21ClN2O2. The quantitative estimate of drug-likeness (QED) is 0.880. The smallest absolute Gasteiger partial charge is 0.262 e. The zero-order chi connectivity index (χ0) is 16.9. The summed E-state index contributed by atoms with van der Waals surface area (Å²) in [5, 5.41) is 3.53. The lowest BCUT2D eigenvalue weighted by atomic mass is 10.2. The van der Waals surface area contributed by atoms with E-state index >= 15 is 0 Å². The fraction of sp³-hybridized carbons (Fsp3) is 0.316. The lowest BCUT2D eigenvalue weighted by Gasteiger charge is -2.17. The van der Waals surface area contributed by atoms with E-state index < -0.39 is 0 Å². The lowest BCUT2D eigenvalue weighted by molar-refractivity contribution is -0.118. The van der Waals surface area contributed by atoms with E-state index in [0.717, 1.165) is 24.3 Å². The maximum absolute atomic E-state index is 12.0. The molecule has 0 bridgehead atoms. The van der Waals surface area contributed by atoms with Crippen LogP contribution in [-0.2, 0) is 4.79 Å². The molecule has 1 fully saturated rings. The Kier molecular flexibility index (Phi) is 5.26. The molecule has 0 radical (unpaired) electrons. The van der Waals surface area contributed by atoms with E-state index in [2.05, 4.69) is 10.2 Å². The van der Waals surface area contributed by atoms with Crippen molar-refractivity contribution in [2.45, 2.75) is 19.8 Å². The maximum Gasteiger partial charge on any atom is 0.262 e. The largest absolute Gasteiger partial charge is 0.484 e. The molecule has 1 aliphatic rings. The Hall–Kier alpha value is -2.20. The van der Waals surface area contributed by atoms with Crippen molar-refractivity contribution >= 4 is 28.9 Å². The second-order valence-electron chi connectivity index (χ2n) is 5.99. The number of carbonyl (C=O) groups is 1. The number of carbonyl (C=O) groups excluding carboxylic acids is 1. The normalized spacial score (nSPS) is 13.8. The van der Waals surface area contributed by atoms with Crippen molar-refractivity contribution in [3.63, 3.8) is 0 Å². The number of nitrogens with one attached hydrogen (secondary N) is 1. The van der Waals surface area contributed by atoms with Gasteiger partial charge in [0.2, 0.25) is 0 Å². The number of rotatable bonds is 5. The van der Waals surface area contributed by atoms with Crippen LogP contribution in [0.15, 0.2) is 42.5 Å². The molecule has 0 aliphatic carbocycles. The third-order valence-electron chi connectivity index (χ3n) is 4.12. The van der Waals surface area contributed by atoms with Crippen LogP contribution >= 0.6 is 11.6 Å². The zero-order valence-electron chi connectivity index (χ0n) is 13.7. The highest BCUT2D eigenvalue weighted by Crippen LogP contribution is 2.23. The Balaban J connectivity index is 1.51. The lowest BCUT2D eigenvalue weighted by Crippen LogP contribution is -2.20. The number of benzene rings is 2. The van der Waals surface area contributed by atoms with E-state index in [1.165, 1.54) is 18.5 Å². The van der Waals surface area contributed by atoms with Gasteiger partial charge in [0.15, 0.2) is 6.61 Å². The predicted octanol–water partition coefficient (Wildman–Crippen LogP) is 4.27. The summed E-state index contributed by atoms with van der Waals surface area (Å²) in [6.07, 6.45) is 2.50. The first kappa shape index (κ1) is 16.7. The topological polar surface area (TPSA) is 41.6 Å². The van der Waals surface area contributed by atoms with Gasteiger partial charge in [-0.2, -0.15) is 0 Å². The molecule has 0 atom stereocenters. The van der Waals surface area contributed by atoms with Gasteiger partial charge >= 0.3 is 0 Å². The molecule has 1 amide bonds. The average molecular weight is 345 g/mol. The number of anilines is 2. The number of ether oxygens (including phenoxy) is 1. The van der Waals surface area contributed by atoms with Crippen LogP contribution in [0, 0.1) is 6.92 Å². The summed E-state index contributed by atoms with van der Waals surface area (Å²) in [6, 6.07) is 13.3. The third-order valence-corrected chi connectivity index (χ3v) is 4.55. The monoisotopic (exact) mass is 344 g/mol. The molecule has 0 unspecified atom stereocenters. The molecule has 126 valence electrons. The van der Waals surface area contributed by atoms with E-state index in [1.807, 2.05) is 37.3 Å². The van der Waals surface area contributed by atoms with Crippen LogP contribution in [0.3, 0.4) is 0 Å². The zero-order valence-corrected chi connectivity index (χ0v) is 14.5. The molecule has 24 heavy (non-hydrogen) atoms. The van der Waals surface area contributed by atoms with Gasteiger partial charge in [0.05, 0.1) is 0 Å². The summed E-state index contributed by atoms with van der Waals surface area (Å²) in [5.41, 5.74) is 2.91. The molecule has 1 aliphatic heterocycles. The number of nitrogens with zero attached hydrogens (tertiary/aromatic N) is 1. The first-order valence-corrected chi connectivity index (χ1v) is 8.53. The predicted molar refractivity (Wildman–Crippen MR) is 98.2 cm³/mol. The van der Waals surface area contributed by atoms with Crippen LogP contribution in [0.4, 0.5) is 11.4 Å². The van der Waals surface area contributed by atoms with Crippen molar-refractivity contribution in [2.75, 3.05) is 29.9 Å². The molecule has 5 heteroatoms. The summed E-state index contributed by atoms with van der Waals surface area (Å²) >= 11 is 5.97. The minimum atomic E-state index is -0.184. The number of aryl methyl sites for hydroxylation is 1. The van der Waals surface area contributed by atoms with Gasteiger partial charge < -0.3 is 15.0 Å². The van der Waals surface area contributed by atoms with Gasteiger partial charge in [-0.3, -0.25) is 4.79 Å². The fourth-order valence-electron chi connectivity index (χ4n) is 2.78. The van der Waals surface area contributed by atoms with Crippen LogP contribution in [0.1, 0.15) is 18.4 Å². The number of amides is 1. The second-order valence-corrected chi connectivity index (χ2v) is 6.40. The van der Waals surface area contributed by atoms with Crippen molar-refractivity contribution in [3.8, 4) is 5.75 Å². The van der Waals surface area contributed by atoms with E-state index in [1.54, 1.807) is 12.1 Å². The van der Waals surface area contributed by atoms with E-state index in [0.29, 0.717) is 10.8 Å². The third kappa shape index (κ3) is 4.20. The SMILES string of the molecule is Cc1cc(OCC(=O)Nc2ccc(N3CCCC3)cc2)ccc1Cl. The standard InChI is InChI=1S/C19H21ClN2O2/c1-14-12-17(8-9-18(14)20)24-13-19(23)21-15-4-6-16(7-5-15)22-10-2-3-11-22/h4-9,12H,2-3,10-11,13H2,1H3,(H,21,23). The second kappa shape index (κ2) is 7.58. The first-order valence-electron chi connectivity index (χ1n) is 8.15. The minimum absolute atomic E-state index is 0.0328. The summed E-state index contributed by atoms with van der Waals surface area (Å²) < 4.78 is 5.50. The van der Waals surface area contributed by atoms with E-state index in [9.17, 15) is 4.79 Å². The summed E-state index contributed by atoms with van der Waals surface area (Å²) in [5.74, 6) is 0.452. The van der Waals surface area contributed by atoms with Crippen LogP contribution in [-0.4, -0.2) is 25.6 Å². The molecular weight excluding hydrogens is 324 g/mol. The molecule has 2 aromatic rings.